The largest absolute Gasteiger partial charge is 0.486 e. The number of carbonyl (C=O) groups excluding carboxylic acids is 1. The highest BCUT2D eigenvalue weighted by molar-refractivity contribution is 5.89. The molecule has 0 saturated carbocycles. The molecule has 1 N–H and O–H groups in total. The lowest BCUT2D eigenvalue weighted by molar-refractivity contribution is 0.124. The molecule has 2 aliphatic heterocycles. The van der Waals surface area contributed by atoms with Crippen molar-refractivity contribution >= 4 is 11.7 Å². The van der Waals surface area contributed by atoms with E-state index in [1.807, 2.05) is 41.3 Å². The monoisotopic (exact) mass is 341 g/mol. The van der Waals surface area contributed by atoms with Crippen LogP contribution in [0.1, 0.15) is 18.6 Å². The second kappa shape index (κ2) is 7.19. The molecular formula is C19H23N3O3. The zero-order valence-corrected chi connectivity index (χ0v) is 14.2. The Morgan fingerprint density at radius 3 is 2.88 bits per heavy atom. The molecule has 0 radical (unpaired) electrons. The first-order chi connectivity index (χ1) is 12.3. The standard InChI is InChI=1S/C19H23N3O3/c23-19(22-11-10-21-9-1-3-16(21)13-22)20-15-5-7-17(8-6-15)25-14-18-4-2-12-24-18/h2,4-8,12,16H,1,3,9-11,13-14H2,(H,20,23). The lowest BCUT2D eigenvalue weighted by Gasteiger charge is -2.37. The molecule has 6 heteroatoms. The molecule has 2 fully saturated rings. The van der Waals surface area contributed by atoms with Gasteiger partial charge in [-0.3, -0.25) is 4.90 Å². The summed E-state index contributed by atoms with van der Waals surface area (Å²) >= 11 is 0. The number of benzene rings is 1. The quantitative estimate of drug-likeness (QED) is 0.928. The summed E-state index contributed by atoms with van der Waals surface area (Å²) in [5.41, 5.74) is 0.782. The van der Waals surface area contributed by atoms with Crippen LogP contribution in [0.4, 0.5) is 10.5 Å². The second-order valence-corrected chi connectivity index (χ2v) is 6.60. The molecule has 0 bridgehead atoms. The number of anilines is 1. The number of rotatable bonds is 4. The maximum Gasteiger partial charge on any atom is 0.321 e. The van der Waals surface area contributed by atoms with E-state index in [-0.39, 0.29) is 6.03 Å². The van der Waals surface area contributed by atoms with E-state index in [1.54, 1.807) is 6.26 Å². The van der Waals surface area contributed by atoms with Crippen molar-refractivity contribution < 1.29 is 13.9 Å². The lowest BCUT2D eigenvalue weighted by atomic mass is 10.1. The van der Waals surface area contributed by atoms with Gasteiger partial charge in [0.1, 0.15) is 18.1 Å². The van der Waals surface area contributed by atoms with E-state index < -0.39 is 0 Å². The Hall–Kier alpha value is -2.47. The molecule has 4 rings (SSSR count). The molecule has 1 aromatic carbocycles. The van der Waals surface area contributed by atoms with Crippen LogP contribution in [0.5, 0.6) is 5.75 Å². The molecule has 2 aromatic rings. The molecule has 2 saturated heterocycles. The minimum absolute atomic E-state index is 0.0178. The van der Waals surface area contributed by atoms with Gasteiger partial charge in [-0.05, 0) is 55.8 Å². The lowest BCUT2D eigenvalue weighted by Crippen LogP contribution is -2.53. The first kappa shape index (κ1) is 16.0. The molecular weight excluding hydrogens is 318 g/mol. The van der Waals surface area contributed by atoms with Crippen LogP contribution < -0.4 is 10.1 Å². The number of ether oxygens (including phenoxy) is 1. The Labute approximate surface area is 147 Å². The smallest absolute Gasteiger partial charge is 0.321 e. The fourth-order valence-electron chi connectivity index (χ4n) is 3.56. The summed E-state index contributed by atoms with van der Waals surface area (Å²) in [6.07, 6.45) is 4.08. The zero-order valence-electron chi connectivity index (χ0n) is 14.2. The number of carbonyl (C=O) groups is 1. The molecule has 0 aliphatic carbocycles. The van der Waals surface area contributed by atoms with E-state index in [0.717, 1.165) is 36.8 Å². The minimum Gasteiger partial charge on any atom is -0.486 e. The number of urea groups is 1. The van der Waals surface area contributed by atoms with Crippen molar-refractivity contribution in [1.29, 1.82) is 0 Å². The third kappa shape index (κ3) is 3.79. The van der Waals surface area contributed by atoms with E-state index in [9.17, 15) is 4.79 Å². The van der Waals surface area contributed by atoms with E-state index in [2.05, 4.69) is 10.2 Å². The molecule has 3 heterocycles. The average molecular weight is 341 g/mol. The number of piperazine rings is 1. The van der Waals surface area contributed by atoms with Crippen LogP contribution in [0.3, 0.4) is 0 Å². The van der Waals surface area contributed by atoms with Crippen molar-refractivity contribution in [2.24, 2.45) is 0 Å². The van der Waals surface area contributed by atoms with Gasteiger partial charge >= 0.3 is 6.03 Å². The number of furan rings is 1. The molecule has 1 aromatic heterocycles. The normalized spacial score (nSPS) is 20.3. The van der Waals surface area contributed by atoms with Crippen LogP contribution in [0, 0.1) is 0 Å². The Kier molecular flexibility index (Phi) is 4.61. The van der Waals surface area contributed by atoms with Gasteiger partial charge in [-0.15, -0.1) is 0 Å². The summed E-state index contributed by atoms with van der Waals surface area (Å²) in [4.78, 5) is 16.9. The van der Waals surface area contributed by atoms with Gasteiger partial charge in [-0.1, -0.05) is 0 Å². The number of hydrogen-bond acceptors (Lipinski definition) is 4. The minimum atomic E-state index is -0.0178. The van der Waals surface area contributed by atoms with Crippen molar-refractivity contribution in [1.82, 2.24) is 9.80 Å². The summed E-state index contributed by atoms with van der Waals surface area (Å²) in [7, 11) is 0. The fraction of sp³-hybridized carbons (Fsp3) is 0.421. The van der Waals surface area contributed by atoms with Gasteiger partial charge in [0, 0.05) is 31.4 Å². The Morgan fingerprint density at radius 1 is 1.20 bits per heavy atom. The van der Waals surface area contributed by atoms with Crippen LogP contribution in [0.2, 0.25) is 0 Å². The predicted octanol–water partition coefficient (Wildman–Crippen LogP) is 3.17. The van der Waals surface area contributed by atoms with E-state index in [4.69, 9.17) is 9.15 Å². The van der Waals surface area contributed by atoms with Crippen molar-refractivity contribution in [3.63, 3.8) is 0 Å². The van der Waals surface area contributed by atoms with Crippen LogP contribution in [0.15, 0.2) is 47.1 Å². The van der Waals surface area contributed by atoms with Gasteiger partial charge in [0.25, 0.3) is 0 Å². The summed E-state index contributed by atoms with van der Waals surface area (Å²) in [5.74, 6) is 1.53. The number of nitrogens with zero attached hydrogens (tertiary/aromatic N) is 2. The maximum atomic E-state index is 12.5. The topological polar surface area (TPSA) is 58.0 Å². The molecule has 2 amide bonds. The Balaban J connectivity index is 1.29. The number of hydrogen-bond donors (Lipinski definition) is 1. The number of nitrogens with one attached hydrogen (secondary N) is 1. The van der Waals surface area contributed by atoms with Crippen molar-refractivity contribution in [2.75, 3.05) is 31.5 Å². The molecule has 2 aliphatic rings. The number of amides is 2. The maximum absolute atomic E-state index is 12.5. The molecule has 1 atom stereocenters. The van der Waals surface area contributed by atoms with Gasteiger partial charge in [-0.2, -0.15) is 0 Å². The third-order valence-electron chi connectivity index (χ3n) is 4.94. The van der Waals surface area contributed by atoms with Crippen molar-refractivity contribution in [2.45, 2.75) is 25.5 Å². The SMILES string of the molecule is O=C(Nc1ccc(OCc2ccco2)cc1)N1CCN2CCCC2C1. The predicted molar refractivity (Wildman–Crippen MR) is 94.7 cm³/mol. The van der Waals surface area contributed by atoms with E-state index in [0.29, 0.717) is 12.6 Å². The van der Waals surface area contributed by atoms with E-state index >= 15 is 0 Å². The summed E-state index contributed by atoms with van der Waals surface area (Å²) in [6, 6.07) is 11.7. The highest BCUT2D eigenvalue weighted by Crippen LogP contribution is 2.22. The van der Waals surface area contributed by atoms with Gasteiger partial charge in [-0.25, -0.2) is 4.79 Å². The Bertz CT molecular complexity index is 699. The average Bonchev–Trinajstić information content (AvgIpc) is 3.32. The fourth-order valence-corrected chi connectivity index (χ4v) is 3.56. The molecule has 0 spiro atoms. The van der Waals surface area contributed by atoms with Crippen LogP contribution in [0.25, 0.3) is 0 Å². The molecule has 1 unspecified atom stereocenters. The van der Waals surface area contributed by atoms with Gasteiger partial charge in [0.2, 0.25) is 0 Å². The van der Waals surface area contributed by atoms with Crippen molar-refractivity contribution in [3.05, 3.63) is 48.4 Å². The molecule has 6 nitrogen and oxygen atoms in total. The van der Waals surface area contributed by atoms with Crippen molar-refractivity contribution in [3.8, 4) is 5.75 Å². The van der Waals surface area contributed by atoms with Crippen LogP contribution in [-0.4, -0.2) is 48.1 Å². The Morgan fingerprint density at radius 2 is 2.08 bits per heavy atom. The third-order valence-corrected chi connectivity index (χ3v) is 4.94. The van der Waals surface area contributed by atoms with Gasteiger partial charge < -0.3 is 19.4 Å². The summed E-state index contributed by atoms with van der Waals surface area (Å²) in [5, 5.41) is 2.98. The highest BCUT2D eigenvalue weighted by Gasteiger charge is 2.32. The molecule has 132 valence electrons. The van der Waals surface area contributed by atoms with Gasteiger partial charge in [0.15, 0.2) is 0 Å². The second-order valence-electron chi connectivity index (χ2n) is 6.60. The number of fused-ring (bicyclic) bond motifs is 1. The first-order valence-corrected chi connectivity index (χ1v) is 8.83. The van der Waals surface area contributed by atoms with Gasteiger partial charge in [0.05, 0.1) is 6.26 Å². The first-order valence-electron chi connectivity index (χ1n) is 8.83. The molecule has 25 heavy (non-hydrogen) atoms. The van der Waals surface area contributed by atoms with E-state index in [1.165, 1.54) is 19.4 Å². The summed E-state index contributed by atoms with van der Waals surface area (Å²) < 4.78 is 10.9. The zero-order chi connectivity index (χ0) is 17.1. The summed E-state index contributed by atoms with van der Waals surface area (Å²) in [6.45, 7) is 4.18. The highest BCUT2D eigenvalue weighted by atomic mass is 16.5. The van der Waals surface area contributed by atoms with Crippen LogP contribution in [-0.2, 0) is 6.61 Å². The van der Waals surface area contributed by atoms with Crippen LogP contribution >= 0.6 is 0 Å².